The summed E-state index contributed by atoms with van der Waals surface area (Å²) in [5.74, 6) is -0.714. The fraction of sp³-hybridized carbons (Fsp3) is 0.467. The summed E-state index contributed by atoms with van der Waals surface area (Å²) >= 11 is 5.83. The maximum Gasteiger partial charge on any atom is 0.329 e. The monoisotopic (exact) mass is 311 g/mol. The fourth-order valence-electron chi connectivity index (χ4n) is 2.16. The van der Waals surface area contributed by atoms with Gasteiger partial charge in [0.15, 0.2) is 0 Å². The van der Waals surface area contributed by atoms with E-state index in [2.05, 4.69) is 5.32 Å². The molecule has 1 fully saturated rings. The van der Waals surface area contributed by atoms with Gasteiger partial charge in [0.25, 0.3) is 0 Å². The number of nitrogens with one attached hydrogen (secondary N) is 1. The minimum Gasteiger partial charge on any atom is -0.493 e. The number of amides is 1. The summed E-state index contributed by atoms with van der Waals surface area (Å²) in [5.41, 5.74) is -1.17. The van der Waals surface area contributed by atoms with Crippen molar-refractivity contribution in [3.8, 4) is 5.75 Å². The first kappa shape index (κ1) is 15.6. The van der Waals surface area contributed by atoms with Crippen LogP contribution in [0.5, 0.6) is 5.75 Å². The van der Waals surface area contributed by atoms with E-state index in [1.54, 1.807) is 31.2 Å². The van der Waals surface area contributed by atoms with Crippen LogP contribution in [0.15, 0.2) is 24.3 Å². The minimum absolute atomic E-state index is 0.0211. The van der Waals surface area contributed by atoms with E-state index in [1.165, 1.54) is 0 Å². The predicted octanol–water partition coefficient (Wildman–Crippen LogP) is 2.48. The molecule has 2 rings (SSSR count). The summed E-state index contributed by atoms with van der Waals surface area (Å²) in [6.07, 6.45) is 1.77. The summed E-state index contributed by atoms with van der Waals surface area (Å²) in [6.45, 7) is 1.73. The SMILES string of the molecule is CC(NC(=O)CCOc1cccc(Cl)c1)(C(=O)O)C1CC1. The molecule has 1 atom stereocenters. The Morgan fingerprint density at radius 1 is 1.48 bits per heavy atom. The zero-order valence-electron chi connectivity index (χ0n) is 11.8. The summed E-state index contributed by atoms with van der Waals surface area (Å²) in [7, 11) is 0. The number of halogens is 1. The number of carboxylic acids is 1. The van der Waals surface area contributed by atoms with Gasteiger partial charge in [-0.05, 0) is 43.9 Å². The van der Waals surface area contributed by atoms with E-state index in [0.29, 0.717) is 10.8 Å². The van der Waals surface area contributed by atoms with Crippen molar-refractivity contribution in [3.63, 3.8) is 0 Å². The Morgan fingerprint density at radius 2 is 2.19 bits per heavy atom. The van der Waals surface area contributed by atoms with E-state index >= 15 is 0 Å². The molecule has 0 heterocycles. The Hall–Kier alpha value is -1.75. The van der Waals surface area contributed by atoms with Gasteiger partial charge >= 0.3 is 5.97 Å². The Bertz CT molecular complexity index is 544. The van der Waals surface area contributed by atoms with E-state index in [0.717, 1.165) is 12.8 Å². The van der Waals surface area contributed by atoms with E-state index in [-0.39, 0.29) is 24.9 Å². The molecule has 0 spiro atoms. The van der Waals surface area contributed by atoms with Crippen molar-refractivity contribution in [1.29, 1.82) is 0 Å². The van der Waals surface area contributed by atoms with E-state index < -0.39 is 11.5 Å². The largest absolute Gasteiger partial charge is 0.493 e. The molecule has 1 aliphatic carbocycles. The molecule has 0 bridgehead atoms. The van der Waals surface area contributed by atoms with E-state index in [4.69, 9.17) is 16.3 Å². The molecule has 1 saturated carbocycles. The first-order valence-corrected chi connectivity index (χ1v) is 7.22. The molecular formula is C15H18ClNO4. The van der Waals surface area contributed by atoms with Crippen LogP contribution in [-0.2, 0) is 9.59 Å². The molecule has 1 amide bonds. The highest BCUT2D eigenvalue weighted by atomic mass is 35.5. The molecule has 1 aliphatic rings. The fourth-order valence-corrected chi connectivity index (χ4v) is 2.34. The van der Waals surface area contributed by atoms with Gasteiger partial charge in [-0.1, -0.05) is 17.7 Å². The van der Waals surface area contributed by atoms with E-state index in [1.807, 2.05) is 0 Å². The quantitative estimate of drug-likeness (QED) is 0.811. The summed E-state index contributed by atoms with van der Waals surface area (Å²) < 4.78 is 5.42. The Kier molecular flexibility index (Phi) is 4.73. The van der Waals surface area contributed by atoms with Crippen LogP contribution >= 0.6 is 11.6 Å². The van der Waals surface area contributed by atoms with Gasteiger partial charge in [-0.25, -0.2) is 4.79 Å². The van der Waals surface area contributed by atoms with Gasteiger partial charge in [0, 0.05) is 5.02 Å². The maximum absolute atomic E-state index is 11.9. The highest BCUT2D eigenvalue weighted by Crippen LogP contribution is 2.39. The molecule has 2 N–H and O–H groups in total. The third-order valence-corrected chi connectivity index (χ3v) is 3.87. The lowest BCUT2D eigenvalue weighted by atomic mass is 9.96. The number of hydrogen-bond acceptors (Lipinski definition) is 3. The van der Waals surface area contributed by atoms with Crippen molar-refractivity contribution in [2.75, 3.05) is 6.61 Å². The van der Waals surface area contributed by atoms with Crippen molar-refractivity contribution >= 4 is 23.5 Å². The lowest BCUT2D eigenvalue weighted by molar-refractivity contribution is -0.148. The lowest BCUT2D eigenvalue weighted by Gasteiger charge is -2.26. The second-order valence-electron chi connectivity index (χ2n) is 5.39. The van der Waals surface area contributed by atoms with Crippen LogP contribution in [0.1, 0.15) is 26.2 Å². The van der Waals surface area contributed by atoms with Gasteiger partial charge in [-0.3, -0.25) is 4.79 Å². The van der Waals surface area contributed by atoms with Crippen LogP contribution < -0.4 is 10.1 Å². The number of hydrogen-bond donors (Lipinski definition) is 2. The van der Waals surface area contributed by atoms with Crippen LogP contribution in [0.25, 0.3) is 0 Å². The zero-order valence-corrected chi connectivity index (χ0v) is 12.5. The number of aliphatic carboxylic acids is 1. The molecule has 0 radical (unpaired) electrons. The second-order valence-corrected chi connectivity index (χ2v) is 5.82. The molecule has 0 aromatic heterocycles. The van der Waals surface area contributed by atoms with Gasteiger partial charge in [0.2, 0.25) is 5.91 Å². The number of ether oxygens (including phenoxy) is 1. The van der Waals surface area contributed by atoms with Crippen LogP contribution in [-0.4, -0.2) is 29.1 Å². The predicted molar refractivity (Wildman–Crippen MR) is 78.5 cm³/mol. The smallest absolute Gasteiger partial charge is 0.329 e. The van der Waals surface area contributed by atoms with Gasteiger partial charge in [0.05, 0.1) is 13.0 Å². The van der Waals surface area contributed by atoms with Gasteiger partial charge in [-0.2, -0.15) is 0 Å². The highest BCUT2D eigenvalue weighted by molar-refractivity contribution is 6.30. The van der Waals surface area contributed by atoms with Gasteiger partial charge in [-0.15, -0.1) is 0 Å². The van der Waals surface area contributed by atoms with Crippen LogP contribution in [0.4, 0.5) is 0 Å². The molecule has 21 heavy (non-hydrogen) atoms. The highest BCUT2D eigenvalue weighted by Gasteiger charge is 2.48. The van der Waals surface area contributed by atoms with Crippen molar-refractivity contribution in [1.82, 2.24) is 5.32 Å². The van der Waals surface area contributed by atoms with Crippen molar-refractivity contribution < 1.29 is 19.4 Å². The topological polar surface area (TPSA) is 75.6 Å². The Balaban J connectivity index is 1.80. The normalized spacial score (nSPS) is 16.9. The molecule has 0 saturated heterocycles. The van der Waals surface area contributed by atoms with Crippen molar-refractivity contribution in [3.05, 3.63) is 29.3 Å². The van der Waals surface area contributed by atoms with Crippen molar-refractivity contribution in [2.45, 2.75) is 31.7 Å². The number of carbonyl (C=O) groups is 2. The second kappa shape index (κ2) is 6.35. The molecule has 1 aromatic rings. The number of benzene rings is 1. The average molecular weight is 312 g/mol. The standard InChI is InChI=1S/C15H18ClNO4/c1-15(14(19)20,10-5-6-10)17-13(18)7-8-21-12-4-2-3-11(16)9-12/h2-4,9-10H,5-8H2,1H3,(H,17,18)(H,19,20). The van der Waals surface area contributed by atoms with Gasteiger partial charge in [0.1, 0.15) is 11.3 Å². The van der Waals surface area contributed by atoms with E-state index in [9.17, 15) is 14.7 Å². The summed E-state index contributed by atoms with van der Waals surface area (Å²) in [4.78, 5) is 23.2. The first-order chi connectivity index (χ1) is 9.91. The molecular weight excluding hydrogens is 294 g/mol. The van der Waals surface area contributed by atoms with Crippen LogP contribution in [0.3, 0.4) is 0 Å². The summed E-state index contributed by atoms with van der Waals surface area (Å²) in [5, 5.41) is 12.4. The van der Waals surface area contributed by atoms with Gasteiger partial charge < -0.3 is 15.2 Å². The molecule has 1 unspecified atom stereocenters. The average Bonchev–Trinajstić information content (AvgIpc) is 3.23. The number of rotatable bonds is 7. The minimum atomic E-state index is -1.17. The number of carbonyl (C=O) groups excluding carboxylic acids is 1. The van der Waals surface area contributed by atoms with Crippen LogP contribution in [0, 0.1) is 5.92 Å². The molecule has 5 nitrogen and oxygen atoms in total. The number of carboxylic acid groups (broad SMARTS) is 1. The maximum atomic E-state index is 11.9. The van der Waals surface area contributed by atoms with Crippen molar-refractivity contribution in [2.24, 2.45) is 5.92 Å². The zero-order chi connectivity index (χ0) is 15.5. The Labute approximate surface area is 128 Å². The molecule has 1 aromatic carbocycles. The third-order valence-electron chi connectivity index (χ3n) is 3.63. The first-order valence-electron chi connectivity index (χ1n) is 6.84. The molecule has 0 aliphatic heterocycles. The summed E-state index contributed by atoms with van der Waals surface area (Å²) in [6, 6.07) is 6.89. The van der Waals surface area contributed by atoms with Crippen LogP contribution in [0.2, 0.25) is 5.02 Å². The lowest BCUT2D eigenvalue weighted by Crippen LogP contribution is -2.54. The Morgan fingerprint density at radius 3 is 2.76 bits per heavy atom. The molecule has 6 heteroatoms. The molecule has 114 valence electrons. The third kappa shape index (κ3) is 4.11.